The highest BCUT2D eigenvalue weighted by atomic mass is 16.3. The average molecular weight is 182 g/mol. The molecule has 0 spiro atoms. The van der Waals surface area contributed by atoms with Crippen molar-refractivity contribution in [2.45, 2.75) is 52.1 Å². The smallest absolute Gasteiger partial charge is 0.0607 e. The second-order valence-electron chi connectivity index (χ2n) is 4.28. The van der Waals surface area contributed by atoms with Crippen LogP contribution in [-0.2, 0) is 0 Å². The number of aliphatic hydroxyl groups excluding tert-OH is 1. The molecule has 0 heterocycles. The van der Waals surface area contributed by atoms with E-state index >= 15 is 0 Å². The summed E-state index contributed by atoms with van der Waals surface area (Å²) in [6.07, 6.45) is 7.59. The van der Waals surface area contributed by atoms with E-state index in [1.807, 2.05) is 6.08 Å². The van der Waals surface area contributed by atoms with Gasteiger partial charge in [-0.05, 0) is 25.2 Å². The molecule has 0 aromatic heterocycles. The highest BCUT2D eigenvalue weighted by Crippen LogP contribution is 2.53. The molecule has 1 saturated carbocycles. The van der Waals surface area contributed by atoms with E-state index < -0.39 is 0 Å². The minimum absolute atomic E-state index is 0.0768. The lowest BCUT2D eigenvalue weighted by atomic mass is 9.54. The van der Waals surface area contributed by atoms with Crippen LogP contribution in [0.25, 0.3) is 0 Å². The second kappa shape index (κ2) is 4.28. The Labute approximate surface area is 81.9 Å². The fourth-order valence-electron chi connectivity index (χ4n) is 2.66. The summed E-state index contributed by atoms with van der Waals surface area (Å²) in [6.45, 7) is 8.25. The molecule has 1 heteroatoms. The Morgan fingerprint density at radius 3 is 2.62 bits per heavy atom. The molecule has 0 aliphatic heterocycles. The van der Waals surface area contributed by atoms with Crippen molar-refractivity contribution in [2.24, 2.45) is 11.3 Å². The van der Waals surface area contributed by atoms with Gasteiger partial charge < -0.3 is 5.11 Å². The lowest BCUT2D eigenvalue weighted by Gasteiger charge is -2.53. The first-order valence-corrected chi connectivity index (χ1v) is 5.51. The van der Waals surface area contributed by atoms with Crippen LogP contribution < -0.4 is 0 Å². The fourth-order valence-corrected chi connectivity index (χ4v) is 2.66. The molecule has 1 aliphatic carbocycles. The van der Waals surface area contributed by atoms with Crippen LogP contribution in [0.15, 0.2) is 12.7 Å². The van der Waals surface area contributed by atoms with Gasteiger partial charge in [-0.2, -0.15) is 0 Å². The van der Waals surface area contributed by atoms with Crippen molar-refractivity contribution >= 4 is 0 Å². The molecule has 3 unspecified atom stereocenters. The van der Waals surface area contributed by atoms with Crippen LogP contribution in [0.1, 0.15) is 46.0 Å². The van der Waals surface area contributed by atoms with Gasteiger partial charge in [0, 0.05) is 5.41 Å². The van der Waals surface area contributed by atoms with Crippen molar-refractivity contribution in [3.63, 3.8) is 0 Å². The maximum absolute atomic E-state index is 9.84. The monoisotopic (exact) mass is 182 g/mol. The summed E-state index contributed by atoms with van der Waals surface area (Å²) in [5.74, 6) is 0.555. The van der Waals surface area contributed by atoms with Gasteiger partial charge >= 0.3 is 0 Å². The minimum atomic E-state index is -0.0768. The van der Waals surface area contributed by atoms with Crippen LogP contribution in [0.5, 0.6) is 0 Å². The topological polar surface area (TPSA) is 20.2 Å². The zero-order valence-corrected chi connectivity index (χ0v) is 8.92. The number of hydrogen-bond donors (Lipinski definition) is 1. The Morgan fingerprint density at radius 2 is 2.23 bits per heavy atom. The summed E-state index contributed by atoms with van der Waals surface area (Å²) in [4.78, 5) is 0. The summed E-state index contributed by atoms with van der Waals surface area (Å²) in [6, 6.07) is 0. The number of hydrogen-bond acceptors (Lipinski definition) is 1. The second-order valence-corrected chi connectivity index (χ2v) is 4.28. The molecule has 3 atom stereocenters. The Bertz CT molecular complexity index is 176. The van der Waals surface area contributed by atoms with Gasteiger partial charge in [-0.1, -0.05) is 32.8 Å². The summed E-state index contributed by atoms with van der Waals surface area (Å²) in [7, 11) is 0. The molecule has 76 valence electrons. The van der Waals surface area contributed by atoms with Crippen molar-refractivity contribution in [3.8, 4) is 0 Å². The van der Waals surface area contributed by atoms with Gasteiger partial charge in [-0.15, -0.1) is 6.58 Å². The molecule has 1 nitrogen and oxygen atoms in total. The van der Waals surface area contributed by atoms with E-state index in [1.165, 1.54) is 12.8 Å². The quantitative estimate of drug-likeness (QED) is 0.648. The zero-order valence-electron chi connectivity index (χ0n) is 8.92. The molecule has 0 amide bonds. The van der Waals surface area contributed by atoms with Crippen molar-refractivity contribution in [3.05, 3.63) is 12.7 Å². The van der Waals surface area contributed by atoms with E-state index in [0.717, 1.165) is 19.3 Å². The normalized spacial score (nSPS) is 38.4. The lowest BCUT2D eigenvalue weighted by Crippen LogP contribution is -2.52. The Balaban J connectivity index is 2.60. The van der Waals surface area contributed by atoms with Gasteiger partial charge in [0.25, 0.3) is 0 Å². The van der Waals surface area contributed by atoms with Crippen LogP contribution in [0.3, 0.4) is 0 Å². The average Bonchev–Trinajstić information content (AvgIpc) is 2.15. The summed E-state index contributed by atoms with van der Waals surface area (Å²) < 4.78 is 0. The van der Waals surface area contributed by atoms with Crippen molar-refractivity contribution < 1.29 is 5.11 Å². The third-order valence-corrected chi connectivity index (χ3v) is 3.82. The zero-order chi connectivity index (χ0) is 9.90. The standard InChI is InChI=1S/C12H22O/c1-4-7-8-12(6-3)10(5-2)9-11(12)13/h5,10-11,13H,2,4,6-9H2,1,3H3. The number of rotatable bonds is 5. The van der Waals surface area contributed by atoms with E-state index in [0.29, 0.717) is 5.92 Å². The van der Waals surface area contributed by atoms with Gasteiger partial charge in [0.2, 0.25) is 0 Å². The predicted molar refractivity (Wildman–Crippen MR) is 56.6 cm³/mol. The van der Waals surface area contributed by atoms with Gasteiger partial charge in [-0.3, -0.25) is 0 Å². The van der Waals surface area contributed by atoms with Crippen LogP contribution in [0.2, 0.25) is 0 Å². The van der Waals surface area contributed by atoms with Gasteiger partial charge in [0.05, 0.1) is 6.10 Å². The van der Waals surface area contributed by atoms with Crippen molar-refractivity contribution in [2.75, 3.05) is 0 Å². The number of aliphatic hydroxyl groups is 1. The first-order valence-electron chi connectivity index (χ1n) is 5.51. The maximum Gasteiger partial charge on any atom is 0.0607 e. The number of allylic oxidation sites excluding steroid dienone is 1. The van der Waals surface area contributed by atoms with Crippen molar-refractivity contribution in [1.82, 2.24) is 0 Å². The van der Waals surface area contributed by atoms with Crippen molar-refractivity contribution in [1.29, 1.82) is 0 Å². The largest absolute Gasteiger partial charge is 0.393 e. The molecule has 1 fully saturated rings. The van der Waals surface area contributed by atoms with Crippen LogP contribution in [0, 0.1) is 11.3 Å². The molecule has 1 N–H and O–H groups in total. The molecule has 0 bridgehead atoms. The highest BCUT2D eigenvalue weighted by Gasteiger charge is 2.50. The lowest BCUT2D eigenvalue weighted by molar-refractivity contribution is -0.111. The first kappa shape index (κ1) is 10.8. The molecule has 1 aliphatic rings. The predicted octanol–water partition coefficient (Wildman–Crippen LogP) is 3.14. The Hall–Kier alpha value is -0.300. The third-order valence-electron chi connectivity index (χ3n) is 3.82. The molecule has 1 rings (SSSR count). The van der Waals surface area contributed by atoms with Gasteiger partial charge in [0.15, 0.2) is 0 Å². The summed E-state index contributed by atoms with van der Waals surface area (Å²) >= 11 is 0. The van der Waals surface area contributed by atoms with Crippen LogP contribution >= 0.6 is 0 Å². The molecule has 0 saturated heterocycles. The number of unbranched alkanes of at least 4 members (excludes halogenated alkanes) is 1. The van der Waals surface area contributed by atoms with E-state index in [-0.39, 0.29) is 11.5 Å². The van der Waals surface area contributed by atoms with Gasteiger partial charge in [0.1, 0.15) is 0 Å². The molecule has 0 radical (unpaired) electrons. The van der Waals surface area contributed by atoms with E-state index in [2.05, 4.69) is 20.4 Å². The Morgan fingerprint density at radius 1 is 1.54 bits per heavy atom. The molecular weight excluding hydrogens is 160 g/mol. The minimum Gasteiger partial charge on any atom is -0.393 e. The SMILES string of the molecule is C=CC1CC(O)C1(CC)CCCC. The van der Waals surface area contributed by atoms with E-state index in [4.69, 9.17) is 0 Å². The molecular formula is C12H22O. The van der Waals surface area contributed by atoms with E-state index in [1.54, 1.807) is 0 Å². The molecule has 0 aromatic carbocycles. The van der Waals surface area contributed by atoms with Gasteiger partial charge in [-0.25, -0.2) is 0 Å². The summed E-state index contributed by atoms with van der Waals surface area (Å²) in [5.41, 5.74) is 0.178. The fraction of sp³-hybridized carbons (Fsp3) is 0.833. The third kappa shape index (κ3) is 1.67. The Kier molecular flexibility index (Phi) is 3.55. The van der Waals surface area contributed by atoms with Crippen LogP contribution in [-0.4, -0.2) is 11.2 Å². The van der Waals surface area contributed by atoms with E-state index in [9.17, 15) is 5.11 Å². The maximum atomic E-state index is 9.84. The highest BCUT2D eigenvalue weighted by molar-refractivity contribution is 5.08. The molecule has 0 aromatic rings. The van der Waals surface area contributed by atoms with Crippen LogP contribution in [0.4, 0.5) is 0 Å². The molecule has 13 heavy (non-hydrogen) atoms. The summed E-state index contributed by atoms with van der Waals surface area (Å²) in [5, 5.41) is 9.84. The first-order chi connectivity index (χ1) is 6.21.